The van der Waals surface area contributed by atoms with Crippen molar-refractivity contribution in [1.82, 2.24) is 25.6 Å². The zero-order valence-electron chi connectivity index (χ0n) is 25.2. The van der Waals surface area contributed by atoms with Crippen LogP contribution in [0, 0.1) is 11.3 Å². The summed E-state index contributed by atoms with van der Waals surface area (Å²) in [7, 11) is 1.71. The Balaban J connectivity index is 1.74. The number of hydrogen-bond acceptors (Lipinski definition) is 8. The van der Waals surface area contributed by atoms with Crippen molar-refractivity contribution < 1.29 is 29.3 Å². The largest absolute Gasteiger partial charge is 0.394 e. The molecule has 3 heterocycles. The number of amides is 3. The molecule has 2 aliphatic heterocycles. The number of aromatic nitrogens is 1. The first kappa shape index (κ1) is 31.6. The maximum absolute atomic E-state index is 13.5. The van der Waals surface area contributed by atoms with Crippen molar-refractivity contribution in [3.05, 3.63) is 47.7 Å². The van der Waals surface area contributed by atoms with Gasteiger partial charge in [-0.25, -0.2) is 5.43 Å². The highest BCUT2D eigenvalue weighted by molar-refractivity contribution is 5.90. The second kappa shape index (κ2) is 12.9. The van der Waals surface area contributed by atoms with Crippen molar-refractivity contribution in [3.63, 3.8) is 0 Å². The minimum absolute atomic E-state index is 0.196. The van der Waals surface area contributed by atoms with E-state index in [-0.39, 0.29) is 17.9 Å². The summed E-state index contributed by atoms with van der Waals surface area (Å²) in [6.45, 7) is 8.70. The first-order chi connectivity index (χ1) is 19.8. The van der Waals surface area contributed by atoms with Gasteiger partial charge in [0.05, 0.1) is 23.9 Å². The number of pyridine rings is 1. The van der Waals surface area contributed by atoms with Gasteiger partial charge in [0, 0.05) is 24.4 Å². The molecule has 11 heteroatoms. The summed E-state index contributed by atoms with van der Waals surface area (Å²) in [6, 6.07) is 7.48. The molecule has 5 atom stereocenters. The highest BCUT2D eigenvalue weighted by Crippen LogP contribution is 2.28. The lowest BCUT2D eigenvalue weighted by molar-refractivity contribution is -0.194. The molecule has 1 saturated heterocycles. The third kappa shape index (κ3) is 6.81. The third-order valence-electron chi connectivity index (χ3n) is 8.12. The number of nitrogens with zero attached hydrogens (tertiary/aromatic N) is 3. The Kier molecular flexibility index (Phi) is 9.67. The maximum Gasteiger partial charge on any atom is 0.261 e. The van der Waals surface area contributed by atoms with Gasteiger partial charge >= 0.3 is 0 Å². The fraction of sp³-hybridized carbons (Fsp3) is 0.548. The molecule has 0 aliphatic carbocycles. The zero-order valence-corrected chi connectivity index (χ0v) is 25.2. The van der Waals surface area contributed by atoms with E-state index in [4.69, 9.17) is 9.72 Å². The molecule has 1 fully saturated rings. The molecular weight excluding hydrogens is 538 g/mol. The molecule has 11 nitrogen and oxygen atoms in total. The highest BCUT2D eigenvalue weighted by Gasteiger charge is 2.37. The summed E-state index contributed by atoms with van der Waals surface area (Å²) in [5, 5.41) is 25.9. The molecule has 0 spiro atoms. The van der Waals surface area contributed by atoms with Gasteiger partial charge in [0.2, 0.25) is 11.8 Å². The van der Waals surface area contributed by atoms with E-state index in [0.717, 1.165) is 22.2 Å². The average Bonchev–Trinajstić information content (AvgIpc) is 2.98. The number of nitrogens with one attached hydrogen (secondary N) is 2. The van der Waals surface area contributed by atoms with Crippen LogP contribution >= 0.6 is 0 Å². The van der Waals surface area contributed by atoms with Gasteiger partial charge in [-0.3, -0.25) is 24.4 Å². The van der Waals surface area contributed by atoms with Crippen molar-refractivity contribution in [2.75, 3.05) is 20.2 Å². The SMILES string of the molecule is CC(C)[C@@H]1OC(O)C(C)(C)/C=C/c2ccc3ccc(nc3c2)[C@@H](C)N(C)C(=O)[C@@H]2CCCN(N2)C(=O)[C@H](CO)NC1=O. The molecule has 4 rings (SSSR count). The van der Waals surface area contributed by atoms with E-state index in [9.17, 15) is 24.6 Å². The summed E-state index contributed by atoms with van der Waals surface area (Å²) in [5.74, 6) is -1.74. The first-order valence-electron chi connectivity index (χ1n) is 14.5. The van der Waals surface area contributed by atoms with E-state index in [1.54, 1.807) is 39.6 Å². The van der Waals surface area contributed by atoms with Gasteiger partial charge in [0.25, 0.3) is 5.91 Å². The van der Waals surface area contributed by atoms with Gasteiger partial charge in [-0.05, 0) is 43.4 Å². The van der Waals surface area contributed by atoms with Gasteiger partial charge in [0.15, 0.2) is 6.29 Å². The minimum atomic E-state index is -1.35. The van der Waals surface area contributed by atoms with Crippen molar-refractivity contribution >= 4 is 34.7 Å². The molecule has 2 aliphatic rings. The van der Waals surface area contributed by atoms with Crippen molar-refractivity contribution in [2.24, 2.45) is 11.3 Å². The number of ether oxygens (including phenoxy) is 1. The number of fused-ring (bicyclic) bond motifs is 4. The Morgan fingerprint density at radius 1 is 1.14 bits per heavy atom. The Labute approximate surface area is 246 Å². The molecule has 1 aromatic heterocycles. The Bertz CT molecular complexity index is 1340. The molecule has 42 heavy (non-hydrogen) atoms. The number of rotatable bonds is 2. The summed E-state index contributed by atoms with van der Waals surface area (Å²) in [6.07, 6.45) is 2.33. The molecule has 5 bridgehead atoms. The second-order valence-corrected chi connectivity index (χ2v) is 12.2. The number of hydrazine groups is 1. The van der Waals surface area contributed by atoms with Crippen LogP contribution in [-0.2, 0) is 19.1 Å². The Morgan fingerprint density at radius 3 is 2.55 bits per heavy atom. The van der Waals surface area contributed by atoms with Gasteiger partial charge in [-0.1, -0.05) is 58.0 Å². The van der Waals surface area contributed by atoms with Gasteiger partial charge in [-0.15, -0.1) is 0 Å². The van der Waals surface area contributed by atoms with Crippen LogP contribution in [-0.4, -0.2) is 87.5 Å². The summed E-state index contributed by atoms with van der Waals surface area (Å²) < 4.78 is 5.87. The Morgan fingerprint density at radius 2 is 1.86 bits per heavy atom. The van der Waals surface area contributed by atoms with E-state index in [1.165, 1.54) is 5.01 Å². The van der Waals surface area contributed by atoms with Crippen LogP contribution in [0.5, 0.6) is 0 Å². The van der Waals surface area contributed by atoms with E-state index in [2.05, 4.69) is 10.7 Å². The lowest BCUT2D eigenvalue weighted by Crippen LogP contribution is -2.62. The normalized spacial score (nSPS) is 28.7. The number of hydrogen-bond donors (Lipinski definition) is 4. The van der Waals surface area contributed by atoms with Crippen LogP contribution in [0.15, 0.2) is 36.4 Å². The monoisotopic (exact) mass is 581 g/mol. The van der Waals surface area contributed by atoms with Gasteiger partial charge in [0.1, 0.15) is 18.2 Å². The Hall–Kier alpha value is -3.38. The van der Waals surface area contributed by atoms with Gasteiger partial charge in [-0.2, -0.15) is 0 Å². The van der Waals surface area contributed by atoms with E-state index in [0.29, 0.717) is 19.4 Å². The molecule has 3 amide bonds. The summed E-state index contributed by atoms with van der Waals surface area (Å²) in [5.41, 5.74) is 4.48. The molecule has 1 aromatic carbocycles. The van der Waals surface area contributed by atoms with Crippen molar-refractivity contribution in [2.45, 2.75) is 78.0 Å². The predicted octanol–water partition coefficient (Wildman–Crippen LogP) is 2.14. The fourth-order valence-electron chi connectivity index (χ4n) is 5.10. The number of likely N-dealkylation sites (N-methyl/N-ethyl adjacent to an activating group) is 1. The fourth-order valence-corrected chi connectivity index (χ4v) is 5.10. The second-order valence-electron chi connectivity index (χ2n) is 12.2. The minimum Gasteiger partial charge on any atom is -0.394 e. The average molecular weight is 582 g/mol. The molecule has 228 valence electrons. The molecule has 1 unspecified atom stereocenters. The van der Waals surface area contributed by atoms with Crippen molar-refractivity contribution in [1.29, 1.82) is 0 Å². The topological polar surface area (TPSA) is 144 Å². The smallest absolute Gasteiger partial charge is 0.261 e. The third-order valence-corrected chi connectivity index (χ3v) is 8.12. The van der Waals surface area contributed by atoms with Crippen LogP contribution in [0.4, 0.5) is 0 Å². The molecular formula is C31H43N5O6. The highest BCUT2D eigenvalue weighted by atomic mass is 16.6. The molecule has 4 N–H and O–H groups in total. The van der Waals surface area contributed by atoms with Crippen LogP contribution in [0.1, 0.15) is 64.8 Å². The first-order valence-corrected chi connectivity index (χ1v) is 14.5. The number of carbonyl (C=O) groups excluding carboxylic acids is 3. The number of aliphatic hydroxyl groups excluding tert-OH is 2. The van der Waals surface area contributed by atoms with E-state index >= 15 is 0 Å². The number of benzene rings is 1. The van der Waals surface area contributed by atoms with Crippen LogP contribution in [0.25, 0.3) is 17.0 Å². The van der Waals surface area contributed by atoms with Crippen LogP contribution in [0.3, 0.4) is 0 Å². The standard InChI is InChI=1S/C31H43N5O6/c1-18(2)26-27(38)33-25(17-37)29(40)36-15-7-8-23(34-36)28(39)35(6)19(3)22-12-11-21-10-9-20(16-24(21)32-22)13-14-31(4,5)30(41)42-26/h9-14,16,18-19,23,25-26,30,34,37,41H,7-8,15,17H2,1-6H3,(H,33,38)/b14-13+/t19-,23+,25+,26+,30?/m1/s1. The lowest BCUT2D eigenvalue weighted by atomic mass is 9.90. The summed E-state index contributed by atoms with van der Waals surface area (Å²) >= 11 is 0. The number of aliphatic hydroxyl groups is 2. The van der Waals surface area contributed by atoms with Crippen LogP contribution < -0.4 is 10.7 Å². The van der Waals surface area contributed by atoms with Gasteiger partial charge < -0.3 is 25.2 Å². The zero-order chi connectivity index (χ0) is 30.8. The number of carbonyl (C=O) groups is 3. The van der Waals surface area contributed by atoms with Crippen molar-refractivity contribution in [3.8, 4) is 0 Å². The molecule has 0 radical (unpaired) electrons. The molecule has 2 aromatic rings. The maximum atomic E-state index is 13.5. The molecule has 0 saturated carbocycles. The van der Waals surface area contributed by atoms with Crippen LogP contribution in [0.2, 0.25) is 0 Å². The predicted molar refractivity (Wildman–Crippen MR) is 158 cm³/mol. The summed E-state index contributed by atoms with van der Waals surface area (Å²) in [4.78, 5) is 46.7. The quantitative estimate of drug-likeness (QED) is 0.422. The lowest BCUT2D eigenvalue weighted by Gasteiger charge is -2.38. The van der Waals surface area contributed by atoms with E-state index in [1.807, 2.05) is 49.4 Å². The van der Waals surface area contributed by atoms with E-state index < -0.39 is 48.3 Å².